The molecular formula is C13H23BrN2. The Hall–Kier alpha value is -0.310. The predicted molar refractivity (Wildman–Crippen MR) is 61.8 cm³/mol. The molecule has 0 saturated carbocycles. The van der Waals surface area contributed by atoms with Gasteiger partial charge in [0.2, 0.25) is 0 Å². The summed E-state index contributed by atoms with van der Waals surface area (Å²) in [5.41, 5.74) is 1.53. The van der Waals surface area contributed by atoms with Crippen LogP contribution >= 0.6 is 0 Å². The molecule has 1 aromatic heterocycles. The van der Waals surface area contributed by atoms with Gasteiger partial charge in [-0.1, -0.05) is 26.2 Å². The SMILES string of the molecule is CCCCCCc1c[nH]c2[n+]1CCCC2.[Br-]. The number of aryl methyl sites for hydroxylation is 2. The van der Waals surface area contributed by atoms with Crippen LogP contribution in [-0.4, -0.2) is 4.98 Å². The molecule has 0 aromatic carbocycles. The lowest BCUT2D eigenvalue weighted by atomic mass is 10.1. The van der Waals surface area contributed by atoms with Crippen LogP contribution in [0.2, 0.25) is 0 Å². The fourth-order valence-corrected chi connectivity index (χ4v) is 2.48. The van der Waals surface area contributed by atoms with Gasteiger partial charge < -0.3 is 17.0 Å². The Bertz CT molecular complexity index is 307. The average molecular weight is 287 g/mol. The molecule has 16 heavy (non-hydrogen) atoms. The first kappa shape index (κ1) is 13.8. The standard InChI is InChI=1S/C13H22N2.BrH/c1-2-3-4-5-8-12-11-14-13-9-6-7-10-15(12)13;/h11H,2-10H2,1H3;1H. The normalized spacial score (nSPS) is 14.3. The molecule has 2 heterocycles. The van der Waals surface area contributed by atoms with Gasteiger partial charge in [-0.25, -0.2) is 9.55 Å². The van der Waals surface area contributed by atoms with E-state index in [1.54, 1.807) is 0 Å². The lowest BCUT2D eigenvalue weighted by molar-refractivity contribution is -0.714. The molecule has 92 valence electrons. The highest BCUT2D eigenvalue weighted by atomic mass is 79.9. The summed E-state index contributed by atoms with van der Waals surface area (Å²) in [4.78, 5) is 3.43. The van der Waals surface area contributed by atoms with E-state index in [1.165, 1.54) is 69.4 Å². The van der Waals surface area contributed by atoms with Crippen molar-refractivity contribution in [3.05, 3.63) is 17.7 Å². The third-order valence-electron chi connectivity index (χ3n) is 3.41. The minimum absolute atomic E-state index is 0. The number of imidazole rings is 1. The molecule has 0 atom stereocenters. The predicted octanol–water partition coefficient (Wildman–Crippen LogP) is -0.235. The summed E-state index contributed by atoms with van der Waals surface area (Å²) in [5, 5.41) is 0. The van der Waals surface area contributed by atoms with E-state index in [-0.39, 0.29) is 17.0 Å². The molecule has 0 spiro atoms. The second kappa shape index (κ2) is 7.10. The van der Waals surface area contributed by atoms with Crippen LogP contribution < -0.4 is 21.5 Å². The number of nitrogens with zero attached hydrogens (tertiary/aromatic N) is 1. The van der Waals surface area contributed by atoms with Crippen LogP contribution in [0.3, 0.4) is 0 Å². The first-order valence-electron chi connectivity index (χ1n) is 6.51. The van der Waals surface area contributed by atoms with Gasteiger partial charge in [-0.05, 0) is 19.3 Å². The highest BCUT2D eigenvalue weighted by Crippen LogP contribution is 2.10. The summed E-state index contributed by atoms with van der Waals surface area (Å²) in [6.07, 6.45) is 12.9. The zero-order valence-corrected chi connectivity index (χ0v) is 11.9. The molecule has 1 N–H and O–H groups in total. The van der Waals surface area contributed by atoms with Gasteiger partial charge in [-0.2, -0.15) is 0 Å². The largest absolute Gasteiger partial charge is 1.00 e. The Balaban J connectivity index is 0.00000128. The summed E-state index contributed by atoms with van der Waals surface area (Å²) < 4.78 is 2.51. The van der Waals surface area contributed by atoms with Gasteiger partial charge in [0.05, 0.1) is 6.54 Å². The van der Waals surface area contributed by atoms with Crippen molar-refractivity contribution in [3.63, 3.8) is 0 Å². The first-order valence-corrected chi connectivity index (χ1v) is 6.51. The van der Waals surface area contributed by atoms with Gasteiger partial charge >= 0.3 is 0 Å². The Morgan fingerprint density at radius 3 is 2.94 bits per heavy atom. The summed E-state index contributed by atoms with van der Waals surface area (Å²) in [6, 6.07) is 0. The molecule has 0 unspecified atom stereocenters. The van der Waals surface area contributed by atoms with Gasteiger partial charge in [0.1, 0.15) is 11.9 Å². The lowest BCUT2D eigenvalue weighted by Gasteiger charge is -2.09. The number of nitrogens with one attached hydrogen (secondary N) is 1. The zero-order valence-electron chi connectivity index (χ0n) is 10.3. The number of rotatable bonds is 5. The summed E-state index contributed by atoms with van der Waals surface area (Å²) in [5.74, 6) is 1.45. The van der Waals surface area contributed by atoms with E-state index >= 15 is 0 Å². The molecule has 0 saturated heterocycles. The Morgan fingerprint density at radius 2 is 2.12 bits per heavy atom. The van der Waals surface area contributed by atoms with Crippen LogP contribution in [0.1, 0.15) is 57.0 Å². The van der Waals surface area contributed by atoms with E-state index in [0.717, 1.165) is 0 Å². The van der Waals surface area contributed by atoms with Crippen LogP contribution in [0, 0.1) is 0 Å². The van der Waals surface area contributed by atoms with Gasteiger partial charge in [0.15, 0.2) is 0 Å². The van der Waals surface area contributed by atoms with E-state index in [4.69, 9.17) is 0 Å². The van der Waals surface area contributed by atoms with E-state index in [0.29, 0.717) is 0 Å². The zero-order chi connectivity index (χ0) is 10.5. The number of H-pyrrole nitrogens is 1. The Kier molecular flexibility index (Phi) is 6.10. The maximum Gasteiger partial charge on any atom is 0.254 e. The van der Waals surface area contributed by atoms with Crippen LogP contribution in [0.4, 0.5) is 0 Å². The molecule has 1 aliphatic heterocycles. The number of aromatic amines is 1. The molecule has 1 aromatic rings. The third-order valence-corrected chi connectivity index (χ3v) is 3.41. The topological polar surface area (TPSA) is 19.7 Å². The lowest BCUT2D eigenvalue weighted by Crippen LogP contribution is -3.00. The number of halogens is 1. The van der Waals surface area contributed by atoms with Crippen molar-refractivity contribution < 1.29 is 21.5 Å². The quantitative estimate of drug-likeness (QED) is 0.570. The van der Waals surface area contributed by atoms with Gasteiger partial charge in [-0.15, -0.1) is 0 Å². The number of aromatic nitrogens is 2. The number of fused-ring (bicyclic) bond motifs is 1. The number of hydrogen-bond acceptors (Lipinski definition) is 0. The molecule has 2 rings (SSSR count). The molecule has 0 aliphatic carbocycles. The molecule has 3 heteroatoms. The van der Waals surface area contributed by atoms with Gasteiger partial charge in [0, 0.05) is 12.8 Å². The van der Waals surface area contributed by atoms with E-state index in [9.17, 15) is 0 Å². The van der Waals surface area contributed by atoms with Crippen LogP contribution in [0.5, 0.6) is 0 Å². The molecule has 1 aliphatic rings. The van der Waals surface area contributed by atoms with Gasteiger partial charge in [-0.3, -0.25) is 0 Å². The molecule has 0 fully saturated rings. The molecule has 0 bridgehead atoms. The number of unbranched alkanes of at least 4 members (excludes halogenated alkanes) is 3. The summed E-state index contributed by atoms with van der Waals surface area (Å²) in [7, 11) is 0. The molecule has 2 nitrogen and oxygen atoms in total. The molecule has 0 amide bonds. The van der Waals surface area contributed by atoms with Crippen molar-refractivity contribution in [3.8, 4) is 0 Å². The van der Waals surface area contributed by atoms with E-state index < -0.39 is 0 Å². The minimum atomic E-state index is 0. The maximum atomic E-state index is 3.43. The second-order valence-electron chi connectivity index (χ2n) is 4.65. The van der Waals surface area contributed by atoms with Crippen molar-refractivity contribution in [2.75, 3.05) is 0 Å². The Morgan fingerprint density at radius 1 is 1.25 bits per heavy atom. The fourth-order valence-electron chi connectivity index (χ4n) is 2.48. The van der Waals surface area contributed by atoms with Crippen molar-refractivity contribution in [1.29, 1.82) is 0 Å². The molecular weight excluding hydrogens is 264 g/mol. The van der Waals surface area contributed by atoms with Gasteiger partial charge in [0.25, 0.3) is 5.82 Å². The highest BCUT2D eigenvalue weighted by Gasteiger charge is 2.20. The van der Waals surface area contributed by atoms with Crippen molar-refractivity contribution in [1.82, 2.24) is 4.98 Å². The highest BCUT2D eigenvalue weighted by molar-refractivity contribution is 4.93. The molecule has 0 radical (unpaired) electrons. The fraction of sp³-hybridized carbons (Fsp3) is 0.769. The summed E-state index contributed by atoms with van der Waals surface area (Å²) in [6.45, 7) is 3.51. The van der Waals surface area contributed by atoms with Crippen molar-refractivity contribution >= 4 is 0 Å². The Labute approximate surface area is 109 Å². The monoisotopic (exact) mass is 286 g/mol. The number of hydrogen-bond donors (Lipinski definition) is 1. The third kappa shape index (κ3) is 3.34. The van der Waals surface area contributed by atoms with Crippen molar-refractivity contribution in [2.45, 2.75) is 64.8 Å². The van der Waals surface area contributed by atoms with E-state index in [2.05, 4.69) is 22.7 Å². The van der Waals surface area contributed by atoms with Crippen LogP contribution in [0.25, 0.3) is 0 Å². The minimum Gasteiger partial charge on any atom is -1.00 e. The smallest absolute Gasteiger partial charge is 0.254 e. The summed E-state index contributed by atoms with van der Waals surface area (Å²) >= 11 is 0. The van der Waals surface area contributed by atoms with E-state index in [1.807, 2.05) is 0 Å². The maximum absolute atomic E-state index is 3.43. The van der Waals surface area contributed by atoms with Crippen molar-refractivity contribution in [2.24, 2.45) is 0 Å². The first-order chi connectivity index (χ1) is 7.42. The average Bonchev–Trinajstić information content (AvgIpc) is 2.68. The van der Waals surface area contributed by atoms with Crippen LogP contribution in [-0.2, 0) is 19.4 Å². The van der Waals surface area contributed by atoms with Crippen LogP contribution in [0.15, 0.2) is 6.20 Å². The second-order valence-corrected chi connectivity index (χ2v) is 4.65.